The van der Waals surface area contributed by atoms with Gasteiger partial charge in [-0.05, 0) is 29.3 Å². The lowest BCUT2D eigenvalue weighted by Crippen LogP contribution is -2.42. The van der Waals surface area contributed by atoms with E-state index in [9.17, 15) is 18.0 Å². The summed E-state index contributed by atoms with van der Waals surface area (Å²) in [6.45, 7) is 0.341. The first-order valence-corrected chi connectivity index (χ1v) is 9.22. The molecule has 3 aromatic rings. The molecular weight excluding hydrogens is 397 g/mol. The lowest BCUT2D eigenvalue weighted by molar-refractivity contribution is -0.274. The third-order valence-corrected chi connectivity index (χ3v) is 5.42. The number of fused-ring (bicyclic) bond motifs is 4. The Balaban J connectivity index is 1.58. The van der Waals surface area contributed by atoms with Gasteiger partial charge in [0.25, 0.3) is 0 Å². The Labute approximate surface area is 169 Å². The predicted molar refractivity (Wildman–Crippen MR) is 101 cm³/mol. The van der Waals surface area contributed by atoms with E-state index < -0.39 is 11.8 Å². The second-order valence-corrected chi connectivity index (χ2v) is 7.17. The number of carbonyl (C=O) groups is 1. The molecule has 5 nitrogen and oxygen atoms in total. The highest BCUT2D eigenvalue weighted by Gasteiger charge is 2.56. The molecule has 0 saturated heterocycles. The van der Waals surface area contributed by atoms with Crippen molar-refractivity contribution in [3.63, 3.8) is 0 Å². The van der Waals surface area contributed by atoms with Gasteiger partial charge in [-0.2, -0.15) is 0 Å². The SMILES string of the molecule is O=C1N(Cc2cccnc2)c2ccccc2C12COc1cc(OC(F)(F)F)ccc12. The first kappa shape index (κ1) is 18.5. The zero-order valence-electron chi connectivity index (χ0n) is 15.5. The summed E-state index contributed by atoms with van der Waals surface area (Å²) in [5.41, 5.74) is 1.81. The molecule has 30 heavy (non-hydrogen) atoms. The average molecular weight is 412 g/mol. The summed E-state index contributed by atoms with van der Waals surface area (Å²) in [4.78, 5) is 19.5. The van der Waals surface area contributed by atoms with Gasteiger partial charge in [-0.1, -0.05) is 30.3 Å². The van der Waals surface area contributed by atoms with Gasteiger partial charge in [0, 0.05) is 29.7 Å². The van der Waals surface area contributed by atoms with Crippen LogP contribution in [-0.2, 0) is 16.8 Å². The molecule has 1 unspecified atom stereocenters. The number of hydrogen-bond acceptors (Lipinski definition) is 4. The van der Waals surface area contributed by atoms with E-state index in [1.807, 2.05) is 30.3 Å². The first-order valence-electron chi connectivity index (χ1n) is 9.22. The number of ether oxygens (including phenoxy) is 2. The van der Waals surface area contributed by atoms with Crippen LogP contribution in [0.2, 0.25) is 0 Å². The van der Waals surface area contributed by atoms with Crippen LogP contribution < -0.4 is 14.4 Å². The highest BCUT2D eigenvalue weighted by Crippen LogP contribution is 2.53. The minimum atomic E-state index is -4.80. The monoisotopic (exact) mass is 412 g/mol. The number of halogens is 3. The third-order valence-electron chi connectivity index (χ3n) is 5.42. The zero-order chi connectivity index (χ0) is 20.9. The molecule has 0 radical (unpaired) electrons. The number of pyridine rings is 1. The molecular formula is C22H15F3N2O3. The van der Waals surface area contributed by atoms with Crippen LogP contribution in [0.5, 0.6) is 11.5 Å². The van der Waals surface area contributed by atoms with Crippen molar-refractivity contribution in [3.8, 4) is 11.5 Å². The number of anilines is 1. The molecule has 3 heterocycles. The van der Waals surface area contributed by atoms with Crippen LogP contribution in [0, 0.1) is 0 Å². The van der Waals surface area contributed by atoms with Crippen molar-refractivity contribution >= 4 is 11.6 Å². The van der Waals surface area contributed by atoms with Crippen LogP contribution in [0.15, 0.2) is 67.0 Å². The molecule has 2 aliphatic rings. The smallest absolute Gasteiger partial charge is 0.491 e. The van der Waals surface area contributed by atoms with E-state index >= 15 is 0 Å². The summed E-state index contributed by atoms with van der Waals surface area (Å²) in [5.74, 6) is -0.358. The van der Waals surface area contributed by atoms with E-state index in [1.54, 1.807) is 23.4 Å². The topological polar surface area (TPSA) is 51.7 Å². The summed E-state index contributed by atoms with van der Waals surface area (Å²) in [6, 6.07) is 14.9. The van der Waals surface area contributed by atoms with Crippen LogP contribution in [0.4, 0.5) is 18.9 Å². The van der Waals surface area contributed by atoms with E-state index in [4.69, 9.17) is 4.74 Å². The van der Waals surface area contributed by atoms with Crippen molar-refractivity contribution in [2.45, 2.75) is 18.3 Å². The quantitative estimate of drug-likeness (QED) is 0.647. The molecule has 5 rings (SSSR count). The summed E-state index contributed by atoms with van der Waals surface area (Å²) in [7, 11) is 0. The van der Waals surface area contributed by atoms with E-state index in [0.29, 0.717) is 12.1 Å². The van der Waals surface area contributed by atoms with Crippen molar-refractivity contribution in [3.05, 3.63) is 83.7 Å². The fourth-order valence-electron chi connectivity index (χ4n) is 4.19. The van der Waals surface area contributed by atoms with Crippen LogP contribution >= 0.6 is 0 Å². The number of alkyl halides is 3. The largest absolute Gasteiger partial charge is 0.573 e. The standard InChI is InChI=1S/C22H15F3N2O3/c23-22(24,25)30-15-7-8-17-19(10-15)29-13-21(17)16-5-1-2-6-18(16)27(20(21)28)12-14-4-3-9-26-11-14/h1-11H,12-13H2. The van der Waals surface area contributed by atoms with Crippen molar-refractivity contribution in [1.82, 2.24) is 4.98 Å². The van der Waals surface area contributed by atoms with Gasteiger partial charge < -0.3 is 14.4 Å². The molecule has 0 saturated carbocycles. The maximum atomic E-state index is 13.7. The number of rotatable bonds is 3. The summed E-state index contributed by atoms with van der Waals surface area (Å²) in [6.07, 6.45) is -1.45. The number of para-hydroxylation sites is 1. The Morgan fingerprint density at radius 3 is 2.70 bits per heavy atom. The Kier molecular flexibility index (Phi) is 3.99. The number of hydrogen-bond donors (Lipinski definition) is 0. The van der Waals surface area contributed by atoms with Crippen molar-refractivity contribution in [2.24, 2.45) is 0 Å². The van der Waals surface area contributed by atoms with E-state index in [0.717, 1.165) is 16.8 Å². The number of aromatic nitrogens is 1. The lowest BCUT2D eigenvalue weighted by Gasteiger charge is -2.23. The molecule has 1 atom stereocenters. The lowest BCUT2D eigenvalue weighted by atomic mass is 9.77. The molecule has 2 aromatic carbocycles. The van der Waals surface area contributed by atoms with Crippen molar-refractivity contribution in [2.75, 3.05) is 11.5 Å². The molecule has 1 amide bonds. The molecule has 152 valence electrons. The fraction of sp³-hybridized carbons (Fsp3) is 0.182. The van der Waals surface area contributed by atoms with Crippen LogP contribution in [0.25, 0.3) is 0 Å². The van der Waals surface area contributed by atoms with Crippen molar-refractivity contribution < 1.29 is 27.4 Å². The van der Waals surface area contributed by atoms with Gasteiger partial charge in [-0.25, -0.2) is 0 Å². The number of nitrogens with zero attached hydrogens (tertiary/aromatic N) is 2. The highest BCUT2D eigenvalue weighted by molar-refractivity contribution is 6.11. The highest BCUT2D eigenvalue weighted by atomic mass is 19.4. The second-order valence-electron chi connectivity index (χ2n) is 7.17. The zero-order valence-corrected chi connectivity index (χ0v) is 15.5. The number of amides is 1. The predicted octanol–water partition coefficient (Wildman–Crippen LogP) is 4.21. The second kappa shape index (κ2) is 6.48. The number of carbonyl (C=O) groups excluding carboxylic acids is 1. The maximum Gasteiger partial charge on any atom is 0.573 e. The molecule has 8 heteroatoms. The van der Waals surface area contributed by atoms with Gasteiger partial charge in [0.1, 0.15) is 23.5 Å². The molecule has 1 spiro atoms. The fourth-order valence-corrected chi connectivity index (χ4v) is 4.19. The average Bonchev–Trinajstić information content (AvgIpc) is 3.20. The summed E-state index contributed by atoms with van der Waals surface area (Å²) >= 11 is 0. The molecule has 0 aliphatic carbocycles. The molecule has 2 aliphatic heterocycles. The van der Waals surface area contributed by atoms with Gasteiger partial charge in [0.2, 0.25) is 5.91 Å². The normalized spacial score (nSPS) is 19.6. The summed E-state index contributed by atoms with van der Waals surface area (Å²) in [5, 5.41) is 0. The van der Waals surface area contributed by atoms with E-state index in [1.165, 1.54) is 18.2 Å². The van der Waals surface area contributed by atoms with Gasteiger partial charge in [0.15, 0.2) is 0 Å². The minimum Gasteiger partial charge on any atom is -0.491 e. The van der Waals surface area contributed by atoms with Gasteiger partial charge in [-0.3, -0.25) is 9.78 Å². The first-order chi connectivity index (χ1) is 14.4. The molecule has 0 N–H and O–H groups in total. The van der Waals surface area contributed by atoms with Crippen LogP contribution in [0.3, 0.4) is 0 Å². The molecule has 0 fully saturated rings. The summed E-state index contributed by atoms with van der Waals surface area (Å²) < 4.78 is 47.4. The Bertz CT molecular complexity index is 1130. The Morgan fingerprint density at radius 1 is 1.10 bits per heavy atom. The molecule has 0 bridgehead atoms. The van der Waals surface area contributed by atoms with Gasteiger partial charge >= 0.3 is 6.36 Å². The van der Waals surface area contributed by atoms with E-state index in [-0.39, 0.29) is 24.0 Å². The van der Waals surface area contributed by atoms with E-state index in [2.05, 4.69) is 9.72 Å². The molecule has 1 aromatic heterocycles. The van der Waals surface area contributed by atoms with Crippen molar-refractivity contribution in [1.29, 1.82) is 0 Å². The Morgan fingerprint density at radius 2 is 1.93 bits per heavy atom. The van der Waals surface area contributed by atoms with Gasteiger partial charge in [0.05, 0.1) is 6.54 Å². The number of benzene rings is 2. The van der Waals surface area contributed by atoms with Crippen LogP contribution in [-0.4, -0.2) is 23.9 Å². The third kappa shape index (κ3) is 2.79. The Hall–Kier alpha value is -3.55. The minimum absolute atomic E-state index is 0.0111. The van der Waals surface area contributed by atoms with Crippen LogP contribution in [0.1, 0.15) is 16.7 Å². The maximum absolute atomic E-state index is 13.7. The van der Waals surface area contributed by atoms with Gasteiger partial charge in [-0.15, -0.1) is 13.2 Å².